The fraction of sp³-hybridized carbons (Fsp3) is 0.333. The van der Waals surface area contributed by atoms with Gasteiger partial charge in [0.15, 0.2) is 0 Å². The van der Waals surface area contributed by atoms with Crippen LogP contribution in [0.2, 0.25) is 5.02 Å². The van der Waals surface area contributed by atoms with Crippen LogP contribution in [0.25, 0.3) is 0 Å². The molecule has 1 unspecified atom stereocenters. The predicted octanol–water partition coefficient (Wildman–Crippen LogP) is 2.90. The van der Waals surface area contributed by atoms with Crippen LogP contribution >= 0.6 is 11.6 Å². The molecule has 142 valence electrons. The first-order valence-electron chi connectivity index (χ1n) is 8.90. The fourth-order valence-corrected chi connectivity index (χ4v) is 3.71. The van der Waals surface area contributed by atoms with Crippen LogP contribution in [0.3, 0.4) is 0 Å². The number of halogens is 1. The molecule has 1 amide bonds. The molecule has 0 aromatic heterocycles. The summed E-state index contributed by atoms with van der Waals surface area (Å²) in [5, 5.41) is 16.1. The molecule has 0 aliphatic carbocycles. The zero-order valence-electron chi connectivity index (χ0n) is 15.3. The standard InChI is InChI=1S/C21H23ClN2O3/c1-21(2)16-6-4-3-5-14(16)12-17(24-21)19(25)23-18(20(26)27)11-13-7-9-15(22)10-8-13/h3-10,17-18,24H,11-12H2,1-2H3,(H,23,25)(H,26,27)/t17?,18-/m1/s1. The van der Waals surface area contributed by atoms with Crippen LogP contribution in [0, 0.1) is 0 Å². The second-order valence-corrected chi connectivity index (χ2v) is 7.85. The molecule has 1 aliphatic rings. The highest BCUT2D eigenvalue weighted by molar-refractivity contribution is 6.30. The highest BCUT2D eigenvalue weighted by Gasteiger charge is 2.36. The Morgan fingerprint density at radius 1 is 1.22 bits per heavy atom. The van der Waals surface area contributed by atoms with E-state index in [1.165, 1.54) is 0 Å². The van der Waals surface area contributed by atoms with Crippen molar-refractivity contribution in [3.63, 3.8) is 0 Å². The minimum atomic E-state index is -1.06. The van der Waals surface area contributed by atoms with Crippen molar-refractivity contribution in [2.24, 2.45) is 0 Å². The molecule has 0 fully saturated rings. The van der Waals surface area contributed by atoms with Crippen LogP contribution in [0.1, 0.15) is 30.5 Å². The number of carboxylic acid groups (broad SMARTS) is 1. The largest absolute Gasteiger partial charge is 0.480 e. The van der Waals surface area contributed by atoms with Crippen LogP contribution in [0.15, 0.2) is 48.5 Å². The lowest BCUT2D eigenvalue weighted by atomic mass is 9.82. The Balaban J connectivity index is 1.73. The Bertz CT molecular complexity index is 849. The summed E-state index contributed by atoms with van der Waals surface area (Å²) in [4.78, 5) is 24.5. The van der Waals surface area contributed by atoms with E-state index < -0.39 is 18.1 Å². The first-order chi connectivity index (χ1) is 12.8. The molecule has 0 radical (unpaired) electrons. The lowest BCUT2D eigenvalue weighted by Crippen LogP contribution is -2.58. The summed E-state index contributed by atoms with van der Waals surface area (Å²) < 4.78 is 0. The van der Waals surface area contributed by atoms with E-state index in [9.17, 15) is 14.7 Å². The van der Waals surface area contributed by atoms with E-state index >= 15 is 0 Å². The maximum Gasteiger partial charge on any atom is 0.326 e. The minimum Gasteiger partial charge on any atom is -0.480 e. The molecule has 0 saturated carbocycles. The van der Waals surface area contributed by atoms with Crippen LogP contribution in [-0.2, 0) is 28.0 Å². The number of hydrogen-bond donors (Lipinski definition) is 3. The van der Waals surface area contributed by atoms with Gasteiger partial charge in [-0.15, -0.1) is 0 Å². The van der Waals surface area contributed by atoms with Gasteiger partial charge in [-0.05, 0) is 49.1 Å². The monoisotopic (exact) mass is 386 g/mol. The van der Waals surface area contributed by atoms with Gasteiger partial charge in [0, 0.05) is 17.0 Å². The predicted molar refractivity (Wildman–Crippen MR) is 105 cm³/mol. The molecule has 0 saturated heterocycles. The van der Waals surface area contributed by atoms with E-state index in [2.05, 4.69) is 16.7 Å². The molecule has 2 aromatic rings. The summed E-state index contributed by atoms with van der Waals surface area (Å²) in [5.41, 5.74) is 2.69. The molecule has 2 atom stereocenters. The highest BCUT2D eigenvalue weighted by Crippen LogP contribution is 2.30. The van der Waals surface area contributed by atoms with Gasteiger partial charge in [0.2, 0.25) is 5.91 Å². The number of carboxylic acids is 1. The molecular weight excluding hydrogens is 364 g/mol. The van der Waals surface area contributed by atoms with Crippen LogP contribution < -0.4 is 10.6 Å². The van der Waals surface area contributed by atoms with Gasteiger partial charge < -0.3 is 10.4 Å². The molecule has 0 bridgehead atoms. The van der Waals surface area contributed by atoms with E-state index in [1.807, 2.05) is 32.0 Å². The van der Waals surface area contributed by atoms with E-state index in [0.717, 1.165) is 16.7 Å². The Kier molecular flexibility index (Phi) is 5.53. The second-order valence-electron chi connectivity index (χ2n) is 7.41. The lowest BCUT2D eigenvalue weighted by Gasteiger charge is -2.38. The molecule has 6 heteroatoms. The second kappa shape index (κ2) is 7.71. The number of rotatable bonds is 5. The zero-order valence-corrected chi connectivity index (χ0v) is 16.1. The SMILES string of the molecule is CC1(C)NC(C(=O)N[C@H](Cc2ccc(Cl)cc2)C(=O)O)Cc2ccccc21. The number of carbonyl (C=O) groups is 2. The molecule has 3 rings (SSSR count). The number of fused-ring (bicyclic) bond motifs is 1. The van der Waals surface area contributed by atoms with E-state index in [0.29, 0.717) is 11.4 Å². The van der Waals surface area contributed by atoms with Crippen molar-refractivity contribution >= 4 is 23.5 Å². The molecule has 1 heterocycles. The van der Waals surface area contributed by atoms with Gasteiger partial charge in [-0.1, -0.05) is 48.0 Å². The van der Waals surface area contributed by atoms with Crippen LogP contribution in [0.5, 0.6) is 0 Å². The Morgan fingerprint density at radius 2 is 1.89 bits per heavy atom. The summed E-state index contributed by atoms with van der Waals surface area (Å²) in [6.45, 7) is 4.04. The quantitative estimate of drug-likeness (QED) is 0.738. The zero-order chi connectivity index (χ0) is 19.6. The van der Waals surface area contributed by atoms with Crippen molar-refractivity contribution in [1.29, 1.82) is 0 Å². The summed E-state index contributed by atoms with van der Waals surface area (Å²) >= 11 is 5.87. The summed E-state index contributed by atoms with van der Waals surface area (Å²) in [6, 6.07) is 13.5. The summed E-state index contributed by atoms with van der Waals surface area (Å²) in [7, 11) is 0. The smallest absolute Gasteiger partial charge is 0.326 e. The number of benzene rings is 2. The van der Waals surface area contributed by atoms with Crippen molar-refractivity contribution in [2.45, 2.75) is 44.3 Å². The average Bonchev–Trinajstić information content (AvgIpc) is 2.62. The average molecular weight is 387 g/mol. The van der Waals surface area contributed by atoms with Gasteiger partial charge in [-0.2, -0.15) is 0 Å². The summed E-state index contributed by atoms with van der Waals surface area (Å²) in [6.07, 6.45) is 0.726. The topological polar surface area (TPSA) is 78.4 Å². The molecular formula is C21H23ClN2O3. The van der Waals surface area contributed by atoms with Crippen LogP contribution in [0.4, 0.5) is 0 Å². The molecule has 1 aliphatic heterocycles. The number of aliphatic carboxylic acids is 1. The van der Waals surface area contributed by atoms with Gasteiger partial charge in [0.1, 0.15) is 6.04 Å². The first-order valence-corrected chi connectivity index (χ1v) is 9.28. The van der Waals surface area contributed by atoms with Gasteiger partial charge >= 0.3 is 5.97 Å². The highest BCUT2D eigenvalue weighted by atomic mass is 35.5. The van der Waals surface area contributed by atoms with Crippen molar-refractivity contribution in [3.8, 4) is 0 Å². The van der Waals surface area contributed by atoms with Gasteiger partial charge in [0.05, 0.1) is 6.04 Å². The van der Waals surface area contributed by atoms with Gasteiger partial charge in [-0.25, -0.2) is 4.79 Å². The molecule has 5 nitrogen and oxygen atoms in total. The normalized spacial score (nSPS) is 19.0. The van der Waals surface area contributed by atoms with E-state index in [1.54, 1.807) is 24.3 Å². The number of carbonyl (C=O) groups excluding carboxylic acids is 1. The number of hydrogen-bond acceptors (Lipinski definition) is 3. The number of nitrogens with one attached hydrogen (secondary N) is 2. The fourth-order valence-electron chi connectivity index (χ4n) is 3.58. The minimum absolute atomic E-state index is 0.199. The maximum absolute atomic E-state index is 12.8. The van der Waals surface area contributed by atoms with Crippen molar-refractivity contribution in [3.05, 3.63) is 70.2 Å². The van der Waals surface area contributed by atoms with E-state index in [-0.39, 0.29) is 17.9 Å². The Labute approximate surface area is 163 Å². The number of amides is 1. The van der Waals surface area contributed by atoms with Gasteiger partial charge in [-0.3, -0.25) is 10.1 Å². The van der Waals surface area contributed by atoms with Gasteiger partial charge in [0.25, 0.3) is 0 Å². The van der Waals surface area contributed by atoms with Crippen molar-refractivity contribution < 1.29 is 14.7 Å². The molecule has 2 aromatic carbocycles. The molecule has 3 N–H and O–H groups in total. The summed E-state index contributed by atoms with van der Waals surface area (Å²) in [5.74, 6) is -1.37. The van der Waals surface area contributed by atoms with E-state index in [4.69, 9.17) is 11.6 Å². The van der Waals surface area contributed by atoms with Crippen LogP contribution in [-0.4, -0.2) is 29.1 Å². The molecule has 27 heavy (non-hydrogen) atoms. The van der Waals surface area contributed by atoms with Crippen molar-refractivity contribution in [2.75, 3.05) is 0 Å². The molecule has 0 spiro atoms. The third-order valence-corrected chi connectivity index (χ3v) is 5.19. The third-order valence-electron chi connectivity index (χ3n) is 4.93. The van der Waals surface area contributed by atoms with Crippen molar-refractivity contribution in [1.82, 2.24) is 10.6 Å². The first kappa shape index (κ1) is 19.4. The Hall–Kier alpha value is -2.37. The lowest BCUT2D eigenvalue weighted by molar-refractivity contribution is -0.142. The third kappa shape index (κ3) is 4.49. The Morgan fingerprint density at radius 3 is 2.56 bits per heavy atom. The maximum atomic E-state index is 12.8.